The Morgan fingerprint density at radius 2 is 2.05 bits per heavy atom. The normalized spacial score (nSPS) is 16.5. The maximum absolute atomic E-state index is 11.7. The van der Waals surface area contributed by atoms with Gasteiger partial charge in [-0.25, -0.2) is 0 Å². The molecule has 0 aliphatic carbocycles. The molecule has 2 N–H and O–H groups in total. The molecule has 1 aromatic carbocycles. The van der Waals surface area contributed by atoms with Crippen molar-refractivity contribution in [2.75, 3.05) is 38.7 Å². The van der Waals surface area contributed by atoms with Gasteiger partial charge in [0.2, 0.25) is 5.91 Å². The minimum absolute atomic E-state index is 0.0472. The Labute approximate surface area is 113 Å². The Morgan fingerprint density at radius 1 is 1.37 bits per heavy atom. The highest BCUT2D eigenvalue weighted by Gasteiger charge is 2.32. The standard InChI is InChI=1S/C14H20N2O3/c1-14(9-19-10-14)8-15-7-13(17)16-11-3-5-12(18-2)6-4-11/h3-6,15H,7-10H2,1-2H3,(H,16,17). The van der Waals surface area contributed by atoms with Crippen LogP contribution in [0.1, 0.15) is 6.92 Å². The van der Waals surface area contributed by atoms with Crippen LogP contribution >= 0.6 is 0 Å². The van der Waals surface area contributed by atoms with E-state index in [1.807, 2.05) is 24.3 Å². The monoisotopic (exact) mass is 264 g/mol. The van der Waals surface area contributed by atoms with E-state index in [0.717, 1.165) is 31.2 Å². The highest BCUT2D eigenvalue weighted by molar-refractivity contribution is 5.92. The number of hydrogen-bond donors (Lipinski definition) is 2. The summed E-state index contributed by atoms with van der Waals surface area (Å²) in [6, 6.07) is 7.27. The quantitative estimate of drug-likeness (QED) is 0.812. The lowest BCUT2D eigenvalue weighted by atomic mass is 9.89. The number of methoxy groups -OCH3 is 1. The first-order chi connectivity index (χ1) is 9.11. The fourth-order valence-corrected chi connectivity index (χ4v) is 1.91. The first kappa shape index (κ1) is 13.8. The van der Waals surface area contributed by atoms with Crippen molar-refractivity contribution in [3.05, 3.63) is 24.3 Å². The third-order valence-corrected chi connectivity index (χ3v) is 3.11. The second-order valence-corrected chi connectivity index (χ2v) is 5.18. The number of nitrogens with one attached hydrogen (secondary N) is 2. The molecule has 0 spiro atoms. The molecule has 5 heteroatoms. The molecule has 1 saturated heterocycles. The average Bonchev–Trinajstić information content (AvgIpc) is 2.37. The van der Waals surface area contributed by atoms with Crippen molar-refractivity contribution in [2.24, 2.45) is 5.41 Å². The molecule has 0 atom stereocenters. The van der Waals surface area contributed by atoms with Gasteiger partial charge in [-0.15, -0.1) is 0 Å². The molecule has 5 nitrogen and oxygen atoms in total. The topological polar surface area (TPSA) is 59.6 Å². The van der Waals surface area contributed by atoms with Gasteiger partial charge in [-0.1, -0.05) is 6.92 Å². The lowest BCUT2D eigenvalue weighted by Crippen LogP contribution is -2.48. The van der Waals surface area contributed by atoms with Crippen molar-refractivity contribution in [3.8, 4) is 5.75 Å². The van der Waals surface area contributed by atoms with Gasteiger partial charge in [0.05, 0.1) is 26.9 Å². The summed E-state index contributed by atoms with van der Waals surface area (Å²) >= 11 is 0. The zero-order chi connectivity index (χ0) is 13.7. The van der Waals surface area contributed by atoms with E-state index in [2.05, 4.69) is 17.6 Å². The van der Waals surface area contributed by atoms with Crippen LogP contribution in [0.4, 0.5) is 5.69 Å². The molecule has 1 fully saturated rings. The Hall–Kier alpha value is -1.59. The van der Waals surface area contributed by atoms with Crippen LogP contribution in [0, 0.1) is 5.41 Å². The van der Waals surface area contributed by atoms with Gasteiger partial charge in [0.1, 0.15) is 5.75 Å². The Bertz CT molecular complexity index is 427. The molecule has 1 amide bonds. The van der Waals surface area contributed by atoms with Crippen molar-refractivity contribution >= 4 is 11.6 Å². The van der Waals surface area contributed by atoms with Gasteiger partial charge < -0.3 is 20.1 Å². The predicted molar refractivity (Wildman–Crippen MR) is 73.4 cm³/mol. The van der Waals surface area contributed by atoms with Crippen LogP contribution in [-0.4, -0.2) is 39.3 Å². The number of benzene rings is 1. The Morgan fingerprint density at radius 3 is 2.58 bits per heavy atom. The minimum atomic E-state index is -0.0472. The maximum atomic E-state index is 11.7. The molecular weight excluding hydrogens is 244 g/mol. The van der Waals surface area contributed by atoms with Crippen LogP contribution in [-0.2, 0) is 9.53 Å². The molecule has 0 radical (unpaired) electrons. The second kappa shape index (κ2) is 6.04. The summed E-state index contributed by atoms with van der Waals surface area (Å²) in [6.07, 6.45) is 0. The highest BCUT2D eigenvalue weighted by atomic mass is 16.5. The lowest BCUT2D eigenvalue weighted by molar-refractivity contribution is -0.117. The van der Waals surface area contributed by atoms with Gasteiger partial charge in [-0.05, 0) is 24.3 Å². The van der Waals surface area contributed by atoms with E-state index in [0.29, 0.717) is 6.54 Å². The van der Waals surface area contributed by atoms with Gasteiger partial charge >= 0.3 is 0 Å². The van der Waals surface area contributed by atoms with Crippen molar-refractivity contribution < 1.29 is 14.3 Å². The van der Waals surface area contributed by atoms with Crippen LogP contribution in [0.5, 0.6) is 5.75 Å². The molecule has 1 aliphatic rings. The van der Waals surface area contributed by atoms with E-state index >= 15 is 0 Å². The summed E-state index contributed by atoms with van der Waals surface area (Å²) < 4.78 is 10.2. The molecule has 1 aromatic rings. The largest absolute Gasteiger partial charge is 0.497 e. The first-order valence-electron chi connectivity index (χ1n) is 6.34. The van der Waals surface area contributed by atoms with E-state index in [-0.39, 0.29) is 11.3 Å². The van der Waals surface area contributed by atoms with Crippen LogP contribution in [0.3, 0.4) is 0 Å². The van der Waals surface area contributed by atoms with Crippen LogP contribution in [0.15, 0.2) is 24.3 Å². The lowest BCUT2D eigenvalue weighted by Gasteiger charge is -2.38. The van der Waals surface area contributed by atoms with Crippen LogP contribution in [0.25, 0.3) is 0 Å². The van der Waals surface area contributed by atoms with Gasteiger partial charge in [0.25, 0.3) is 0 Å². The van der Waals surface area contributed by atoms with E-state index in [1.165, 1.54) is 0 Å². The van der Waals surface area contributed by atoms with Crippen molar-refractivity contribution in [3.63, 3.8) is 0 Å². The fourth-order valence-electron chi connectivity index (χ4n) is 1.91. The van der Waals surface area contributed by atoms with E-state index in [4.69, 9.17) is 9.47 Å². The van der Waals surface area contributed by atoms with Crippen molar-refractivity contribution in [1.82, 2.24) is 5.32 Å². The van der Waals surface area contributed by atoms with Gasteiger partial charge in [-0.2, -0.15) is 0 Å². The molecule has 1 heterocycles. The predicted octanol–water partition coefficient (Wildman–Crippen LogP) is 1.26. The zero-order valence-corrected chi connectivity index (χ0v) is 11.4. The summed E-state index contributed by atoms with van der Waals surface area (Å²) in [5, 5.41) is 5.98. The smallest absolute Gasteiger partial charge is 0.238 e. The van der Waals surface area contributed by atoms with E-state index < -0.39 is 0 Å². The van der Waals surface area contributed by atoms with Crippen molar-refractivity contribution in [1.29, 1.82) is 0 Å². The summed E-state index contributed by atoms with van der Waals surface area (Å²) in [6.45, 7) is 4.77. The number of amides is 1. The number of carbonyl (C=O) groups is 1. The molecule has 2 rings (SSSR count). The SMILES string of the molecule is COc1ccc(NC(=O)CNCC2(C)COC2)cc1. The zero-order valence-electron chi connectivity index (χ0n) is 11.4. The molecule has 104 valence electrons. The molecule has 0 unspecified atom stereocenters. The van der Waals surface area contributed by atoms with Crippen molar-refractivity contribution in [2.45, 2.75) is 6.92 Å². The highest BCUT2D eigenvalue weighted by Crippen LogP contribution is 2.24. The minimum Gasteiger partial charge on any atom is -0.497 e. The first-order valence-corrected chi connectivity index (χ1v) is 6.34. The summed E-state index contributed by atoms with van der Waals surface area (Å²) in [5.41, 5.74) is 0.950. The molecule has 0 aromatic heterocycles. The molecule has 19 heavy (non-hydrogen) atoms. The second-order valence-electron chi connectivity index (χ2n) is 5.18. The summed E-state index contributed by atoms with van der Waals surface area (Å²) in [4.78, 5) is 11.7. The molecule has 0 bridgehead atoms. The maximum Gasteiger partial charge on any atom is 0.238 e. The van der Waals surface area contributed by atoms with Gasteiger partial charge in [-0.3, -0.25) is 4.79 Å². The number of rotatable bonds is 6. The number of hydrogen-bond acceptors (Lipinski definition) is 4. The van der Waals surface area contributed by atoms with Crippen LogP contribution in [0.2, 0.25) is 0 Å². The Balaban J connectivity index is 1.71. The van der Waals surface area contributed by atoms with Gasteiger partial charge in [0, 0.05) is 17.6 Å². The van der Waals surface area contributed by atoms with E-state index in [1.54, 1.807) is 7.11 Å². The fraction of sp³-hybridized carbons (Fsp3) is 0.500. The van der Waals surface area contributed by atoms with Gasteiger partial charge in [0.15, 0.2) is 0 Å². The van der Waals surface area contributed by atoms with E-state index in [9.17, 15) is 4.79 Å². The average molecular weight is 264 g/mol. The van der Waals surface area contributed by atoms with Crippen LogP contribution < -0.4 is 15.4 Å². The third kappa shape index (κ3) is 3.94. The number of anilines is 1. The summed E-state index contributed by atoms with van der Waals surface area (Å²) in [5.74, 6) is 0.725. The Kier molecular flexibility index (Phi) is 4.39. The summed E-state index contributed by atoms with van der Waals surface area (Å²) in [7, 11) is 1.61. The number of ether oxygens (including phenoxy) is 2. The molecule has 0 saturated carbocycles. The third-order valence-electron chi connectivity index (χ3n) is 3.11. The number of carbonyl (C=O) groups excluding carboxylic acids is 1. The molecule has 1 aliphatic heterocycles. The molecular formula is C14H20N2O3.